The van der Waals surface area contributed by atoms with Gasteiger partial charge in [0, 0.05) is 23.4 Å². The van der Waals surface area contributed by atoms with Crippen LogP contribution in [0.1, 0.15) is 35.2 Å². The van der Waals surface area contributed by atoms with Crippen LogP contribution in [0.15, 0.2) is 42.5 Å². The number of hydrogen-bond donors (Lipinski definition) is 1. The Morgan fingerprint density at radius 1 is 1.00 bits per heavy atom. The summed E-state index contributed by atoms with van der Waals surface area (Å²) < 4.78 is 51.7. The van der Waals surface area contributed by atoms with Gasteiger partial charge in [0.05, 0.1) is 11.3 Å². The smallest absolute Gasteiger partial charge is 0.326 e. The van der Waals surface area contributed by atoms with E-state index in [0.29, 0.717) is 5.56 Å². The molecule has 1 N–H and O–H groups in total. The van der Waals surface area contributed by atoms with E-state index in [0.717, 1.165) is 24.3 Å². The first-order chi connectivity index (χ1) is 12.2. The molecule has 0 bridgehead atoms. The maximum absolute atomic E-state index is 13.0. The normalized spacial score (nSPS) is 11.3. The number of amides is 1. The molecular formula is C18H14ClF4NO2. The predicted octanol–water partition coefficient (Wildman–Crippen LogP) is 5.49. The van der Waals surface area contributed by atoms with Crippen LogP contribution in [0.5, 0.6) is 0 Å². The fraction of sp³-hybridized carbons (Fsp3) is 0.222. The highest BCUT2D eigenvalue weighted by atomic mass is 35.5. The molecule has 1 amide bonds. The minimum atomic E-state index is -4.66. The molecule has 0 aliphatic carbocycles. The van der Waals surface area contributed by atoms with Crippen LogP contribution >= 0.6 is 11.6 Å². The summed E-state index contributed by atoms with van der Waals surface area (Å²) in [5, 5.41) is 2.09. The van der Waals surface area contributed by atoms with Gasteiger partial charge in [0.2, 0.25) is 5.91 Å². The van der Waals surface area contributed by atoms with E-state index in [4.69, 9.17) is 11.6 Å². The van der Waals surface area contributed by atoms with Gasteiger partial charge in [-0.25, -0.2) is 4.39 Å². The van der Waals surface area contributed by atoms with Crippen molar-refractivity contribution in [3.8, 4) is 0 Å². The fourth-order valence-corrected chi connectivity index (χ4v) is 2.43. The number of anilines is 1. The van der Waals surface area contributed by atoms with Gasteiger partial charge in [-0.2, -0.15) is 13.2 Å². The van der Waals surface area contributed by atoms with E-state index >= 15 is 0 Å². The van der Waals surface area contributed by atoms with Gasteiger partial charge in [0.25, 0.3) is 0 Å². The van der Waals surface area contributed by atoms with Crippen LogP contribution in [-0.2, 0) is 11.0 Å². The van der Waals surface area contributed by atoms with Gasteiger partial charge in [0.15, 0.2) is 5.78 Å². The Balaban J connectivity index is 1.91. The molecule has 2 rings (SSSR count). The van der Waals surface area contributed by atoms with Gasteiger partial charge in [-0.15, -0.1) is 0 Å². The summed E-state index contributed by atoms with van der Waals surface area (Å²) in [6.07, 6.45) is -4.62. The van der Waals surface area contributed by atoms with E-state index in [1.807, 2.05) is 0 Å². The molecule has 0 unspecified atom stereocenters. The predicted molar refractivity (Wildman–Crippen MR) is 89.7 cm³/mol. The molecule has 0 aromatic heterocycles. The van der Waals surface area contributed by atoms with E-state index in [1.54, 1.807) is 0 Å². The zero-order valence-electron chi connectivity index (χ0n) is 13.4. The molecule has 0 saturated carbocycles. The molecule has 2 aromatic rings. The number of carbonyl (C=O) groups is 2. The van der Waals surface area contributed by atoms with Gasteiger partial charge in [-0.3, -0.25) is 9.59 Å². The third-order valence-electron chi connectivity index (χ3n) is 3.53. The Morgan fingerprint density at radius 2 is 1.65 bits per heavy atom. The van der Waals surface area contributed by atoms with Crippen molar-refractivity contribution in [1.82, 2.24) is 0 Å². The average molecular weight is 388 g/mol. The number of carbonyl (C=O) groups excluding carboxylic acids is 2. The minimum absolute atomic E-state index is 0.0196. The summed E-state index contributed by atoms with van der Waals surface area (Å²) in [4.78, 5) is 23.8. The third-order valence-corrected chi connectivity index (χ3v) is 3.77. The van der Waals surface area contributed by atoms with E-state index in [9.17, 15) is 27.2 Å². The molecule has 138 valence electrons. The summed E-state index contributed by atoms with van der Waals surface area (Å²) in [7, 11) is 0. The van der Waals surface area contributed by atoms with Gasteiger partial charge in [-0.1, -0.05) is 11.6 Å². The average Bonchev–Trinajstić information content (AvgIpc) is 2.56. The van der Waals surface area contributed by atoms with Crippen molar-refractivity contribution < 1.29 is 27.2 Å². The van der Waals surface area contributed by atoms with Gasteiger partial charge in [0.1, 0.15) is 5.82 Å². The second kappa shape index (κ2) is 8.31. The fourth-order valence-electron chi connectivity index (χ4n) is 2.26. The molecule has 2 aromatic carbocycles. The van der Waals surface area contributed by atoms with E-state index in [1.165, 1.54) is 18.2 Å². The zero-order valence-corrected chi connectivity index (χ0v) is 14.1. The van der Waals surface area contributed by atoms with Crippen LogP contribution in [0.2, 0.25) is 5.02 Å². The van der Waals surface area contributed by atoms with Crippen molar-refractivity contribution in [2.45, 2.75) is 25.4 Å². The highest BCUT2D eigenvalue weighted by Gasteiger charge is 2.34. The van der Waals surface area contributed by atoms with Crippen molar-refractivity contribution in [3.05, 3.63) is 64.4 Å². The molecule has 0 saturated heterocycles. The summed E-state index contributed by atoms with van der Waals surface area (Å²) in [6.45, 7) is 0. The number of benzene rings is 2. The maximum Gasteiger partial charge on any atom is 0.418 e. The van der Waals surface area contributed by atoms with Crippen LogP contribution < -0.4 is 5.32 Å². The number of Topliss-reactive ketones (excluding diaryl/α,β-unsaturated/α-hetero) is 1. The van der Waals surface area contributed by atoms with Crippen molar-refractivity contribution in [2.24, 2.45) is 0 Å². The lowest BCUT2D eigenvalue weighted by Gasteiger charge is -2.14. The van der Waals surface area contributed by atoms with Gasteiger partial charge < -0.3 is 5.32 Å². The molecule has 0 aliphatic heterocycles. The monoisotopic (exact) mass is 387 g/mol. The first-order valence-electron chi connectivity index (χ1n) is 7.62. The van der Waals surface area contributed by atoms with Gasteiger partial charge in [-0.05, 0) is 48.9 Å². The Labute approximate surface area is 152 Å². The Morgan fingerprint density at radius 3 is 2.27 bits per heavy atom. The second-order valence-electron chi connectivity index (χ2n) is 5.52. The number of rotatable bonds is 6. The molecular weight excluding hydrogens is 374 g/mol. The first-order valence-corrected chi connectivity index (χ1v) is 8.00. The lowest BCUT2D eigenvalue weighted by Crippen LogP contribution is -2.16. The Hall–Kier alpha value is -2.41. The van der Waals surface area contributed by atoms with Gasteiger partial charge >= 0.3 is 6.18 Å². The van der Waals surface area contributed by atoms with Crippen LogP contribution in [0, 0.1) is 5.82 Å². The molecule has 0 aliphatic rings. The zero-order chi connectivity index (χ0) is 19.3. The summed E-state index contributed by atoms with van der Waals surface area (Å²) in [6, 6.07) is 8.02. The molecule has 26 heavy (non-hydrogen) atoms. The first kappa shape index (κ1) is 19.9. The van der Waals surface area contributed by atoms with Crippen molar-refractivity contribution >= 4 is 29.0 Å². The highest BCUT2D eigenvalue weighted by Crippen LogP contribution is 2.36. The highest BCUT2D eigenvalue weighted by molar-refractivity contribution is 6.30. The Bertz CT molecular complexity index is 804. The lowest BCUT2D eigenvalue weighted by molar-refractivity contribution is -0.137. The van der Waals surface area contributed by atoms with E-state index in [-0.39, 0.29) is 30.1 Å². The minimum Gasteiger partial charge on any atom is -0.326 e. The van der Waals surface area contributed by atoms with E-state index in [2.05, 4.69) is 5.32 Å². The SMILES string of the molecule is O=C(CCCC(=O)c1ccc(F)cc1)Nc1ccc(Cl)cc1C(F)(F)F. The molecule has 0 radical (unpaired) electrons. The third kappa shape index (κ3) is 5.56. The Kier molecular flexibility index (Phi) is 6.37. The summed E-state index contributed by atoms with van der Waals surface area (Å²) in [5.41, 5.74) is -1.12. The van der Waals surface area contributed by atoms with Crippen molar-refractivity contribution in [2.75, 3.05) is 5.32 Å². The van der Waals surface area contributed by atoms with Crippen molar-refractivity contribution in [1.29, 1.82) is 0 Å². The topological polar surface area (TPSA) is 46.2 Å². The molecule has 0 spiro atoms. The largest absolute Gasteiger partial charge is 0.418 e. The van der Waals surface area contributed by atoms with E-state index < -0.39 is 29.2 Å². The summed E-state index contributed by atoms with van der Waals surface area (Å²) >= 11 is 5.57. The number of ketones is 1. The standard InChI is InChI=1S/C18H14ClF4NO2/c19-12-6-9-15(14(10-12)18(21,22)23)24-17(26)3-1-2-16(25)11-4-7-13(20)8-5-11/h4-10H,1-3H2,(H,24,26). The molecule has 8 heteroatoms. The quantitative estimate of drug-likeness (QED) is 0.526. The molecule has 0 fully saturated rings. The maximum atomic E-state index is 13.0. The van der Waals surface area contributed by atoms with Crippen molar-refractivity contribution in [3.63, 3.8) is 0 Å². The molecule has 0 heterocycles. The molecule has 0 atom stereocenters. The number of halogens is 5. The van der Waals surface area contributed by atoms with Crippen LogP contribution in [-0.4, -0.2) is 11.7 Å². The van der Waals surface area contributed by atoms with Crippen LogP contribution in [0.25, 0.3) is 0 Å². The lowest BCUT2D eigenvalue weighted by atomic mass is 10.1. The number of alkyl halides is 3. The summed E-state index contributed by atoms with van der Waals surface area (Å²) in [5.74, 6) is -1.39. The molecule has 3 nitrogen and oxygen atoms in total. The number of hydrogen-bond acceptors (Lipinski definition) is 2. The number of nitrogens with one attached hydrogen (secondary N) is 1. The van der Waals surface area contributed by atoms with Crippen LogP contribution in [0.4, 0.5) is 23.2 Å². The van der Waals surface area contributed by atoms with Crippen LogP contribution in [0.3, 0.4) is 0 Å². The second-order valence-corrected chi connectivity index (χ2v) is 5.96.